The third-order valence-electron chi connectivity index (χ3n) is 15.5. The Morgan fingerprint density at radius 3 is 2.24 bits per heavy atom. The Labute approximate surface area is 471 Å². The first kappa shape index (κ1) is 60.1. The van der Waals surface area contributed by atoms with Crippen molar-refractivity contribution in [2.75, 3.05) is 60.0 Å². The number of amides is 4. The van der Waals surface area contributed by atoms with E-state index >= 15 is 0 Å². The van der Waals surface area contributed by atoms with E-state index in [2.05, 4.69) is 22.5 Å². The van der Waals surface area contributed by atoms with Crippen molar-refractivity contribution in [3.8, 4) is 28.7 Å². The van der Waals surface area contributed by atoms with Crippen molar-refractivity contribution in [1.82, 2.24) is 20.4 Å². The van der Waals surface area contributed by atoms with Gasteiger partial charge in [-0.1, -0.05) is 82.0 Å². The van der Waals surface area contributed by atoms with Crippen LogP contribution in [-0.2, 0) is 41.7 Å². The number of carbonyl (C=O) groups excluding carboxylic acids is 6. The predicted molar refractivity (Wildman–Crippen MR) is 305 cm³/mol. The lowest BCUT2D eigenvalue weighted by molar-refractivity contribution is -0.162. The second-order valence-electron chi connectivity index (χ2n) is 20.9. The highest BCUT2D eigenvalue weighted by molar-refractivity contribution is 6.03. The number of ether oxygens (including phenoxy) is 6. The number of hydrogen-bond acceptors (Lipinski definition) is 13. The van der Waals surface area contributed by atoms with Crippen molar-refractivity contribution >= 4 is 41.1 Å². The first-order valence-corrected chi connectivity index (χ1v) is 28.4. The number of ketones is 1. The molecule has 0 radical (unpaired) electrons. The molecule has 0 saturated carbocycles. The number of aryl methyl sites for hydroxylation is 2. The molecule has 4 amide bonds. The molecule has 3 N–H and O–H groups in total. The summed E-state index contributed by atoms with van der Waals surface area (Å²) in [5, 5.41) is 9.00. The van der Waals surface area contributed by atoms with Crippen LogP contribution in [0.25, 0.3) is 0 Å². The lowest BCUT2D eigenvalue weighted by Gasteiger charge is -2.37. The minimum atomic E-state index is -0.814. The smallest absolute Gasteiger partial charge is 0.329 e. The molecule has 2 saturated heterocycles. The van der Waals surface area contributed by atoms with Crippen molar-refractivity contribution in [3.63, 3.8) is 0 Å². The number of nitrogens with one attached hydrogen (secondary N) is 3. The van der Waals surface area contributed by atoms with Gasteiger partial charge in [0.1, 0.15) is 29.7 Å². The quantitative estimate of drug-likeness (QED) is 0.0330. The Morgan fingerprint density at radius 1 is 0.800 bits per heavy atom. The van der Waals surface area contributed by atoms with Crippen LogP contribution in [0.1, 0.15) is 153 Å². The molecular weight excluding hydrogens is 1020 g/mol. The van der Waals surface area contributed by atoms with Gasteiger partial charge >= 0.3 is 5.97 Å². The first-order chi connectivity index (χ1) is 38.8. The van der Waals surface area contributed by atoms with E-state index in [1.807, 2.05) is 56.3 Å². The molecule has 4 aromatic carbocycles. The van der Waals surface area contributed by atoms with Gasteiger partial charge in [-0.2, -0.15) is 0 Å². The van der Waals surface area contributed by atoms with E-state index in [0.717, 1.165) is 85.9 Å². The number of allylic oxidation sites excluding steroid dienone is 1. The van der Waals surface area contributed by atoms with Crippen LogP contribution in [0.3, 0.4) is 0 Å². The number of esters is 1. The number of piperidine rings is 2. The molecule has 1 unspecified atom stereocenters. The number of nitrogens with zero attached hydrogens (tertiary/aromatic N) is 2. The van der Waals surface area contributed by atoms with Crippen molar-refractivity contribution in [3.05, 3.63) is 118 Å². The summed E-state index contributed by atoms with van der Waals surface area (Å²) in [4.78, 5) is 84.3. The average molecular weight is 1100 g/mol. The molecule has 3 heterocycles. The summed E-state index contributed by atoms with van der Waals surface area (Å²) >= 11 is 0. The summed E-state index contributed by atoms with van der Waals surface area (Å²) in [7, 11) is 6.23. The fraction of sp³-hybridized carbons (Fsp3) is 0.492. The number of likely N-dealkylation sites (tertiary alicyclic amines) is 1. The second-order valence-corrected chi connectivity index (χ2v) is 20.9. The number of benzene rings is 4. The Morgan fingerprint density at radius 2 is 1.52 bits per heavy atom. The highest BCUT2D eigenvalue weighted by Crippen LogP contribution is 2.42. The fourth-order valence-corrected chi connectivity index (χ4v) is 11.1. The molecule has 430 valence electrons. The van der Waals surface area contributed by atoms with Crippen LogP contribution in [-0.4, -0.2) is 112 Å². The van der Waals surface area contributed by atoms with Crippen LogP contribution < -0.4 is 39.6 Å². The highest BCUT2D eigenvalue weighted by atomic mass is 16.6. The van der Waals surface area contributed by atoms with Gasteiger partial charge in [-0.05, 0) is 124 Å². The molecule has 0 bridgehead atoms. The van der Waals surface area contributed by atoms with E-state index in [9.17, 15) is 28.8 Å². The number of unbranched alkanes of at least 4 members (excludes halogenated alkanes) is 6. The Kier molecular flexibility index (Phi) is 22.2. The molecule has 80 heavy (non-hydrogen) atoms. The Hall–Kier alpha value is -7.56. The van der Waals surface area contributed by atoms with E-state index in [0.29, 0.717) is 110 Å². The van der Waals surface area contributed by atoms with Gasteiger partial charge in [0.05, 0.1) is 40.9 Å². The number of rotatable bonds is 30. The highest BCUT2D eigenvalue weighted by Gasteiger charge is 2.40. The van der Waals surface area contributed by atoms with Crippen LogP contribution in [0, 0.1) is 6.92 Å². The van der Waals surface area contributed by atoms with Gasteiger partial charge in [-0.25, -0.2) is 4.79 Å². The fourth-order valence-electron chi connectivity index (χ4n) is 11.1. The van der Waals surface area contributed by atoms with E-state index in [4.69, 9.17) is 28.4 Å². The van der Waals surface area contributed by atoms with Gasteiger partial charge in [0.2, 0.25) is 17.6 Å². The zero-order valence-corrected chi connectivity index (χ0v) is 47.6. The standard InChI is InChI=1S/C63H81N5O12/c1-8-46(44-36-56(76-5)59(78-7)57(37-44)77-6)61(72)67-34-19-17-25-52(67)63(74)80-54(32-30-43-29-27-41(2)55(35-43)75-4)48-22-15-16-26-53(48)79-40-58(70)64-33-18-13-11-9-10-12-14-21-45(69)38-65-50-24-20-23-47-49(50)39-68(62(47)73)51-31-28-42(3)66-60(51)71/h15-16,20,22-24,26-27,29,35-37,46,51-52,54,65H,3,8-14,17-19,21,25,28,30-34,38-40H2,1-2,4-7H3,(H,64,70)(H,66,71)/t46-,51?,52-,54+/m0/s1. The summed E-state index contributed by atoms with van der Waals surface area (Å²) < 4.78 is 35.1. The molecule has 17 nitrogen and oxygen atoms in total. The summed E-state index contributed by atoms with van der Waals surface area (Å²) in [6, 6.07) is 21.0. The van der Waals surface area contributed by atoms with Crippen LogP contribution in [0.4, 0.5) is 5.69 Å². The third kappa shape index (κ3) is 15.4. The molecule has 4 atom stereocenters. The normalized spacial score (nSPS) is 16.7. The van der Waals surface area contributed by atoms with Crippen molar-refractivity contribution < 1.29 is 57.2 Å². The zero-order valence-electron chi connectivity index (χ0n) is 47.6. The van der Waals surface area contributed by atoms with E-state index < -0.39 is 30.1 Å². The van der Waals surface area contributed by atoms with E-state index in [1.165, 1.54) is 21.3 Å². The number of Topliss-reactive ketones (excluding diaryl/α,β-unsaturated/α-hetero) is 1. The Bertz CT molecular complexity index is 2810. The maximum Gasteiger partial charge on any atom is 0.329 e. The largest absolute Gasteiger partial charge is 0.496 e. The maximum atomic E-state index is 14.6. The van der Waals surface area contributed by atoms with Gasteiger partial charge in [-0.3, -0.25) is 24.0 Å². The predicted octanol–water partition coefficient (Wildman–Crippen LogP) is 9.87. The molecule has 3 aliphatic rings. The summed E-state index contributed by atoms with van der Waals surface area (Å²) in [5.74, 6) is 0.668. The molecule has 17 heteroatoms. The summed E-state index contributed by atoms with van der Waals surface area (Å²) in [6.45, 7) is 8.92. The van der Waals surface area contributed by atoms with Crippen molar-refractivity contribution in [1.29, 1.82) is 0 Å². The van der Waals surface area contributed by atoms with Gasteiger partial charge < -0.3 is 54.2 Å². The number of methoxy groups -OCH3 is 4. The molecule has 0 aliphatic carbocycles. The lowest BCUT2D eigenvalue weighted by Crippen LogP contribution is -2.50. The van der Waals surface area contributed by atoms with Crippen LogP contribution in [0.2, 0.25) is 0 Å². The second kappa shape index (κ2) is 29.6. The van der Waals surface area contributed by atoms with Crippen molar-refractivity contribution in [2.24, 2.45) is 0 Å². The molecule has 7 rings (SSSR count). The Balaban J connectivity index is 0.862. The molecule has 0 aromatic heterocycles. The molecule has 0 spiro atoms. The van der Waals surface area contributed by atoms with E-state index in [-0.39, 0.29) is 42.6 Å². The molecular formula is C63H81N5O12. The number of anilines is 1. The SMILES string of the molecule is C=C1CCC(N2Cc3c(NCC(=O)CCCCCCCCCNC(=O)COc4ccccc4[C@@H](CCc4ccc(C)c(OC)c4)OC(=O)[C@@H]4CCCCN4C(=O)[C@@H](CC)c4cc(OC)c(OC)c(OC)c4)cccc3C2=O)C(=O)N1. The third-order valence-corrected chi connectivity index (χ3v) is 15.5. The molecule has 4 aromatic rings. The van der Waals surface area contributed by atoms with Crippen LogP contribution in [0.15, 0.2) is 85.1 Å². The average Bonchev–Trinajstić information content (AvgIpc) is 3.89. The number of carbonyl (C=O) groups is 6. The van der Waals surface area contributed by atoms with Gasteiger partial charge in [0.25, 0.3) is 11.8 Å². The van der Waals surface area contributed by atoms with Gasteiger partial charge in [0, 0.05) is 54.1 Å². The van der Waals surface area contributed by atoms with E-state index in [1.54, 1.807) is 47.2 Å². The zero-order chi connectivity index (χ0) is 57.1. The lowest BCUT2D eigenvalue weighted by atomic mass is 9.91. The number of hydrogen-bond donors (Lipinski definition) is 3. The van der Waals surface area contributed by atoms with Gasteiger partial charge in [-0.15, -0.1) is 0 Å². The van der Waals surface area contributed by atoms with Crippen molar-refractivity contribution in [2.45, 2.75) is 147 Å². The topological polar surface area (TPSA) is 200 Å². The van der Waals surface area contributed by atoms with Gasteiger partial charge in [0.15, 0.2) is 23.9 Å². The monoisotopic (exact) mass is 1100 g/mol. The minimum Gasteiger partial charge on any atom is -0.496 e. The molecule has 3 aliphatic heterocycles. The van der Waals surface area contributed by atoms with Crippen LogP contribution in [0.5, 0.6) is 28.7 Å². The molecule has 2 fully saturated rings. The summed E-state index contributed by atoms with van der Waals surface area (Å²) in [6.07, 6.45) is 10.8. The number of fused-ring (bicyclic) bond motifs is 1. The summed E-state index contributed by atoms with van der Waals surface area (Å²) in [5.41, 5.74) is 6.09. The minimum absolute atomic E-state index is 0.104. The first-order valence-electron chi connectivity index (χ1n) is 28.4. The number of para-hydroxylation sites is 1. The van der Waals surface area contributed by atoms with Crippen LogP contribution >= 0.6 is 0 Å². The maximum absolute atomic E-state index is 14.6.